The van der Waals surface area contributed by atoms with E-state index < -0.39 is 0 Å². The topological polar surface area (TPSA) is 49.0 Å². The Morgan fingerprint density at radius 2 is 1.16 bits per heavy atom. The third-order valence-corrected chi connectivity index (χ3v) is 18.9. The van der Waals surface area contributed by atoms with Crippen LogP contribution in [0.4, 0.5) is 0 Å². The van der Waals surface area contributed by atoms with Gasteiger partial charge in [0.2, 0.25) is 0 Å². The van der Waals surface area contributed by atoms with Gasteiger partial charge in [-0.3, -0.25) is 4.57 Å². The van der Waals surface area contributed by atoms with E-state index in [4.69, 9.17) is 14.1 Å². The SMILES string of the molecule is CC(C)(C)c1ccnc(-n2c3[c-]c(Oc4[c-]c(-n5[c-][n+]6c7c(cc(-c8ccc9oc%10ccccc%10c9c8)cc75)-c5ccccc5-c5cc7c(cc5-c5cc(C(C)(C)C)cc(C(C)(C)C)c5-6)C(C)(C)CCC7(C)C)ccc4)ccc3c3ccccc32)c1.[Pt]. The molecule has 436 valence electrons. The normalized spacial score (nSPS) is 14.5. The van der Waals surface area contributed by atoms with Gasteiger partial charge >= 0.3 is 0 Å². The van der Waals surface area contributed by atoms with E-state index in [1.165, 1.54) is 50.1 Å². The number of hydrogen-bond donors (Lipinski definition) is 0. The fourth-order valence-corrected chi connectivity index (χ4v) is 13.9. The zero-order valence-electron chi connectivity index (χ0n) is 52.1. The molecule has 87 heavy (non-hydrogen) atoms. The Balaban J connectivity index is 0.00000667. The summed E-state index contributed by atoms with van der Waals surface area (Å²) in [6, 6.07) is 69.8. The van der Waals surface area contributed by atoms with E-state index in [2.05, 4.69) is 274 Å². The minimum absolute atomic E-state index is 0. The molecule has 9 aromatic carbocycles. The van der Waals surface area contributed by atoms with Gasteiger partial charge in [0, 0.05) is 55.1 Å². The summed E-state index contributed by atoms with van der Waals surface area (Å²) in [6.07, 6.45) is 8.29. The Morgan fingerprint density at radius 3 is 1.89 bits per heavy atom. The molecule has 1 aliphatic heterocycles. The fourth-order valence-electron chi connectivity index (χ4n) is 13.9. The van der Waals surface area contributed by atoms with Crippen molar-refractivity contribution in [3.8, 4) is 73.2 Å². The van der Waals surface area contributed by atoms with Crippen molar-refractivity contribution in [3.63, 3.8) is 0 Å². The van der Waals surface area contributed by atoms with E-state index in [9.17, 15) is 0 Å². The van der Waals surface area contributed by atoms with Crippen molar-refractivity contribution >= 4 is 54.8 Å². The minimum atomic E-state index is -0.283. The van der Waals surface area contributed by atoms with Crippen molar-refractivity contribution in [2.45, 2.75) is 130 Å². The molecule has 2 aliphatic rings. The first-order chi connectivity index (χ1) is 41.0. The molecule has 0 bridgehead atoms. The smallest absolute Gasteiger partial charge is 0.268 e. The molecule has 1 aliphatic carbocycles. The van der Waals surface area contributed by atoms with E-state index in [0.717, 1.165) is 107 Å². The van der Waals surface area contributed by atoms with Crippen LogP contribution in [-0.4, -0.2) is 14.1 Å². The molecule has 0 radical (unpaired) electrons. The van der Waals surface area contributed by atoms with Crippen molar-refractivity contribution in [1.29, 1.82) is 0 Å². The van der Waals surface area contributed by atoms with Crippen molar-refractivity contribution in [2.75, 3.05) is 0 Å². The summed E-state index contributed by atoms with van der Waals surface area (Å²) in [6.45, 7) is 30.7. The zero-order valence-corrected chi connectivity index (χ0v) is 54.4. The molecule has 0 amide bonds. The third-order valence-electron chi connectivity index (χ3n) is 18.9. The van der Waals surface area contributed by atoms with Crippen LogP contribution in [-0.2, 0) is 48.1 Å². The fraction of sp³-hybridized carbons (Fsp3) is 0.250. The Hall–Kier alpha value is -8.31. The van der Waals surface area contributed by atoms with Gasteiger partial charge in [-0.1, -0.05) is 187 Å². The first kappa shape index (κ1) is 56.5. The third kappa shape index (κ3) is 9.22. The number of imidazole rings is 1. The maximum absolute atomic E-state index is 6.95. The summed E-state index contributed by atoms with van der Waals surface area (Å²) >= 11 is 0. The number of furan rings is 1. The molecule has 0 fully saturated rings. The van der Waals surface area contributed by atoms with Crippen molar-refractivity contribution in [1.82, 2.24) is 14.1 Å². The number of benzene rings is 9. The maximum atomic E-state index is 6.95. The number of fused-ring (bicyclic) bond motifs is 14. The predicted octanol–water partition coefficient (Wildman–Crippen LogP) is 20.7. The predicted molar refractivity (Wildman–Crippen MR) is 354 cm³/mol. The molecule has 0 saturated carbocycles. The quantitative estimate of drug-likeness (QED) is 0.127. The van der Waals surface area contributed by atoms with Gasteiger partial charge in [-0.05, 0) is 172 Å². The van der Waals surface area contributed by atoms with Crippen molar-refractivity contribution in [3.05, 3.63) is 222 Å². The van der Waals surface area contributed by atoms with Crippen LogP contribution in [0, 0.1) is 18.5 Å². The average molecular weight is 1320 g/mol. The summed E-state index contributed by atoms with van der Waals surface area (Å²) in [5, 5.41) is 4.39. The standard InChI is InChI=1S/C80H72N4O2.Pt/c1-76(2,3)50-33-36-81-73(42-50)84-68-27-18-16-25-57(68)58-31-30-54(44-69(58)84)85-53-22-20-21-52(43-53)82-47-83-74-64(40-51(77(4,5)6)41-67(74)78(7,8)9)61-46-66-65(79(10,11)34-35-80(66,12)13)45-60(61)55-23-14-15-24-56(55)63-38-49(39-70(82)75(63)83)48-29-32-72-62(37-48)59-26-17-19-28-71(59)86-72;/h14-33,36-42,45-46H,34-35H2,1-13H3;/q-2;. The number of ether oxygens (including phenoxy) is 1. The Bertz CT molecular complexity index is 4980. The van der Waals surface area contributed by atoms with E-state index in [1.54, 1.807) is 0 Å². The van der Waals surface area contributed by atoms with E-state index >= 15 is 0 Å². The number of nitrogens with zero attached hydrogens (tertiary/aromatic N) is 4. The molecule has 7 heteroatoms. The van der Waals surface area contributed by atoms with Crippen molar-refractivity contribution < 1.29 is 34.8 Å². The van der Waals surface area contributed by atoms with Gasteiger partial charge in [0.25, 0.3) is 6.33 Å². The largest absolute Gasteiger partial charge is 0.510 e. The summed E-state index contributed by atoms with van der Waals surface area (Å²) in [4.78, 5) is 4.95. The first-order valence-electron chi connectivity index (χ1n) is 30.6. The van der Waals surface area contributed by atoms with Gasteiger partial charge in [0.1, 0.15) is 17.0 Å². The maximum Gasteiger partial charge on any atom is 0.268 e. The van der Waals surface area contributed by atoms with Crippen LogP contribution in [0.15, 0.2) is 180 Å². The second-order valence-corrected chi connectivity index (χ2v) is 28.7. The van der Waals surface area contributed by atoms with Crippen molar-refractivity contribution in [2.24, 2.45) is 0 Å². The molecule has 0 unspecified atom stereocenters. The zero-order chi connectivity index (χ0) is 59.6. The molecule has 4 aromatic heterocycles. The number of pyridine rings is 1. The van der Waals surface area contributed by atoms with Crippen LogP contribution >= 0.6 is 0 Å². The molecule has 0 spiro atoms. The Morgan fingerprint density at radius 1 is 0.506 bits per heavy atom. The first-order valence-corrected chi connectivity index (χ1v) is 30.6. The molecule has 0 atom stereocenters. The van der Waals surface area contributed by atoms with Gasteiger partial charge in [-0.25, -0.2) is 4.98 Å². The Labute approximate surface area is 525 Å². The minimum Gasteiger partial charge on any atom is -0.510 e. The number of para-hydroxylation sites is 2. The number of hydrogen-bond acceptors (Lipinski definition) is 3. The van der Waals surface area contributed by atoms with Crippen LogP contribution in [0.5, 0.6) is 11.5 Å². The van der Waals surface area contributed by atoms with E-state index in [1.807, 2.05) is 24.4 Å². The van der Waals surface area contributed by atoms with Gasteiger partial charge in [-0.2, -0.15) is 18.2 Å². The van der Waals surface area contributed by atoms with E-state index in [-0.39, 0.29) is 48.1 Å². The second kappa shape index (κ2) is 19.9. The average Bonchev–Trinajstić information content (AvgIpc) is 1.67. The van der Waals surface area contributed by atoms with Gasteiger partial charge in [-0.15, -0.1) is 29.7 Å². The van der Waals surface area contributed by atoms with Gasteiger partial charge in [0.05, 0.1) is 16.7 Å². The van der Waals surface area contributed by atoms with Crippen LogP contribution in [0.2, 0.25) is 0 Å². The van der Waals surface area contributed by atoms with Crippen LogP contribution in [0.1, 0.15) is 131 Å². The summed E-state index contributed by atoms with van der Waals surface area (Å²) in [7, 11) is 0. The molecule has 6 nitrogen and oxygen atoms in total. The van der Waals surface area contributed by atoms with Gasteiger partial charge in [0.15, 0.2) is 0 Å². The Kier molecular flexibility index (Phi) is 12.9. The molecule has 0 saturated heterocycles. The molecule has 5 heterocycles. The molecule has 13 aromatic rings. The van der Waals surface area contributed by atoms with Gasteiger partial charge < -0.3 is 18.3 Å². The summed E-state index contributed by atoms with van der Waals surface area (Å²) < 4.78 is 20.2. The molecular weight excluding hydrogens is 1240 g/mol. The number of aromatic nitrogens is 4. The van der Waals surface area contributed by atoms with Crippen LogP contribution in [0.25, 0.3) is 116 Å². The van der Waals surface area contributed by atoms with Crippen LogP contribution in [0.3, 0.4) is 0 Å². The molecular formula is C80H72N4O2Pt-2. The second-order valence-electron chi connectivity index (χ2n) is 28.7. The van der Waals surface area contributed by atoms with E-state index in [0.29, 0.717) is 11.5 Å². The number of rotatable bonds is 5. The molecule has 0 N–H and O–H groups in total. The monoisotopic (exact) mass is 1320 g/mol. The summed E-state index contributed by atoms with van der Waals surface area (Å²) in [5.41, 5.74) is 23.1. The summed E-state index contributed by atoms with van der Waals surface area (Å²) in [5.74, 6) is 1.98. The molecule has 15 rings (SSSR count). The van der Waals surface area contributed by atoms with Crippen LogP contribution < -0.4 is 9.30 Å².